The zero-order valence-corrected chi connectivity index (χ0v) is 25.2. The highest BCUT2D eigenvalue weighted by molar-refractivity contribution is 5.78. The molecule has 1 saturated heterocycles. The van der Waals surface area contributed by atoms with Crippen LogP contribution in [0.25, 0.3) is 11.2 Å². The minimum Gasteiger partial charge on any atom is -0.497 e. The van der Waals surface area contributed by atoms with Crippen LogP contribution in [0.5, 0.6) is 11.6 Å². The number of aromatic nitrogens is 4. The van der Waals surface area contributed by atoms with Crippen molar-refractivity contribution in [1.29, 1.82) is 0 Å². The molecule has 0 amide bonds. The largest absolute Gasteiger partial charge is 0.497 e. The van der Waals surface area contributed by atoms with Gasteiger partial charge in [0.15, 0.2) is 23.1 Å². The normalized spacial score (nSPS) is 23.2. The third-order valence-electron chi connectivity index (χ3n) is 8.62. The van der Waals surface area contributed by atoms with Gasteiger partial charge in [-0.3, -0.25) is 4.57 Å². The third kappa shape index (κ3) is 5.01. The van der Waals surface area contributed by atoms with Crippen LogP contribution in [0.15, 0.2) is 91.3 Å². The van der Waals surface area contributed by atoms with Crippen molar-refractivity contribution in [3.05, 3.63) is 115 Å². The number of halogens is 2. The highest BCUT2D eigenvalue weighted by Crippen LogP contribution is 2.52. The molecule has 2 N–H and O–H groups in total. The molecule has 1 fully saturated rings. The monoisotopic (exact) mass is 614 g/mol. The first-order valence-corrected chi connectivity index (χ1v) is 14.5. The lowest BCUT2D eigenvalue weighted by atomic mass is 9.77. The Morgan fingerprint density at radius 1 is 0.978 bits per heavy atom. The second kappa shape index (κ2) is 11.6. The fourth-order valence-electron chi connectivity index (χ4n) is 5.96. The molecule has 9 nitrogen and oxygen atoms in total. The highest BCUT2D eigenvalue weighted by atomic mass is 19.2. The van der Waals surface area contributed by atoms with Gasteiger partial charge in [-0.25, -0.2) is 13.8 Å². The Kier molecular flexibility index (Phi) is 7.84. The van der Waals surface area contributed by atoms with Crippen LogP contribution in [0.4, 0.5) is 14.7 Å². The summed E-state index contributed by atoms with van der Waals surface area (Å²) in [4.78, 5) is 13.9. The molecule has 5 aromatic rings. The summed E-state index contributed by atoms with van der Waals surface area (Å²) >= 11 is 0. The van der Waals surface area contributed by atoms with Gasteiger partial charge in [-0.05, 0) is 35.7 Å². The van der Waals surface area contributed by atoms with E-state index in [1.807, 2.05) is 84.9 Å². The topological polar surface area (TPSA) is 104 Å². The first-order chi connectivity index (χ1) is 21.7. The molecule has 0 radical (unpaired) electrons. The molecule has 0 saturated carbocycles. The number of anilines is 1. The molecule has 11 heteroatoms. The summed E-state index contributed by atoms with van der Waals surface area (Å²) in [6.45, 7) is 5.40. The van der Waals surface area contributed by atoms with Crippen molar-refractivity contribution < 1.29 is 28.1 Å². The Morgan fingerprint density at radius 3 is 2.11 bits per heavy atom. The van der Waals surface area contributed by atoms with Gasteiger partial charge in [0.1, 0.15) is 24.8 Å². The standard InChI is InChI=1S/C34H34F2N5O4/c1-5-44-29-27-28(41(21-37-27)30-32(3,35)22(2)33(36,20-42)45-30)38-31(39-29)40-34(23-12-8-6-9-13-23,24-14-10-7-11-15-24)25-16-18-26(43-4)19-17-25/h6-19,21-22,30,42H,1,5,20H2,2-4H3,(H,38,39,40)/q+1/t22-,30+,32+,33+/m0/s1. The van der Waals surface area contributed by atoms with Crippen molar-refractivity contribution in [2.24, 2.45) is 5.92 Å². The van der Waals surface area contributed by atoms with Gasteiger partial charge in [-0.15, -0.1) is 0 Å². The Labute approximate surface area is 259 Å². The molecule has 1 aliphatic rings. The van der Waals surface area contributed by atoms with Gasteiger partial charge >= 0.3 is 0 Å². The van der Waals surface area contributed by atoms with Crippen LogP contribution in [-0.4, -0.2) is 56.5 Å². The maximum absolute atomic E-state index is 16.2. The average Bonchev–Trinajstić information content (AvgIpc) is 3.57. The van der Waals surface area contributed by atoms with E-state index in [9.17, 15) is 5.11 Å². The van der Waals surface area contributed by atoms with E-state index < -0.39 is 35.8 Å². The van der Waals surface area contributed by atoms with Crippen LogP contribution in [-0.2, 0) is 10.3 Å². The van der Waals surface area contributed by atoms with Crippen molar-refractivity contribution in [1.82, 2.24) is 19.5 Å². The first kappa shape index (κ1) is 30.3. The van der Waals surface area contributed by atoms with E-state index in [1.165, 1.54) is 24.7 Å². The van der Waals surface area contributed by atoms with Gasteiger partial charge in [0.25, 0.3) is 5.88 Å². The van der Waals surface area contributed by atoms with Crippen molar-refractivity contribution in [3.63, 3.8) is 0 Å². The van der Waals surface area contributed by atoms with Crippen LogP contribution in [0.3, 0.4) is 0 Å². The van der Waals surface area contributed by atoms with Crippen LogP contribution < -0.4 is 14.8 Å². The molecule has 232 valence electrons. The minimum absolute atomic E-state index is 0.0231. The molecule has 6 rings (SSSR count). The molecule has 45 heavy (non-hydrogen) atoms. The average molecular weight is 615 g/mol. The van der Waals surface area contributed by atoms with E-state index in [4.69, 9.17) is 19.2 Å². The number of rotatable bonds is 10. The highest BCUT2D eigenvalue weighted by Gasteiger charge is 2.62. The van der Waals surface area contributed by atoms with E-state index in [-0.39, 0.29) is 29.6 Å². The minimum atomic E-state index is -2.60. The van der Waals surface area contributed by atoms with Crippen LogP contribution in [0, 0.1) is 12.8 Å². The summed E-state index contributed by atoms with van der Waals surface area (Å²) in [5.41, 5.74) is -0.285. The molecule has 0 bridgehead atoms. The zero-order chi connectivity index (χ0) is 31.8. The van der Waals surface area contributed by atoms with E-state index in [2.05, 4.69) is 22.2 Å². The maximum Gasteiger partial charge on any atom is 0.250 e. The number of imidazole rings is 1. The predicted molar refractivity (Wildman–Crippen MR) is 165 cm³/mol. The lowest BCUT2D eigenvalue weighted by Crippen LogP contribution is -2.39. The number of aliphatic hydroxyl groups is 1. The molecular weight excluding hydrogens is 580 g/mol. The molecule has 0 spiro atoms. The van der Waals surface area contributed by atoms with Gasteiger partial charge < -0.3 is 24.6 Å². The summed E-state index contributed by atoms with van der Waals surface area (Å²) in [5.74, 6) is -2.98. The number of aliphatic hydroxyl groups excluding tert-OH is 1. The number of ether oxygens (including phenoxy) is 3. The van der Waals surface area contributed by atoms with E-state index in [0.29, 0.717) is 5.75 Å². The maximum atomic E-state index is 16.2. The Bertz CT molecular complexity index is 1730. The van der Waals surface area contributed by atoms with Crippen LogP contribution in [0.1, 0.15) is 36.8 Å². The van der Waals surface area contributed by atoms with Gasteiger partial charge in [0, 0.05) is 0 Å². The molecule has 0 unspecified atom stereocenters. The summed E-state index contributed by atoms with van der Waals surface area (Å²) < 4.78 is 49.7. The number of hydrogen-bond donors (Lipinski definition) is 2. The summed E-state index contributed by atoms with van der Waals surface area (Å²) in [5, 5.41) is 13.3. The van der Waals surface area contributed by atoms with Crippen molar-refractivity contribution in [3.8, 4) is 11.6 Å². The Hall–Kier alpha value is -4.74. The molecule has 1 aliphatic heterocycles. The lowest BCUT2D eigenvalue weighted by molar-refractivity contribution is -0.191. The fraction of sp³-hybridized carbons (Fsp3) is 0.294. The second-order valence-corrected chi connectivity index (χ2v) is 11.1. The van der Waals surface area contributed by atoms with Crippen molar-refractivity contribution >= 4 is 17.1 Å². The molecule has 3 heterocycles. The molecule has 2 aromatic heterocycles. The first-order valence-electron chi connectivity index (χ1n) is 14.5. The third-order valence-corrected chi connectivity index (χ3v) is 8.62. The fourth-order valence-corrected chi connectivity index (χ4v) is 5.96. The quantitative estimate of drug-likeness (QED) is 0.146. The summed E-state index contributed by atoms with van der Waals surface area (Å²) in [6, 6.07) is 27.3. The smallest absolute Gasteiger partial charge is 0.250 e. The number of hydrogen-bond acceptors (Lipinski definition) is 8. The van der Waals surface area contributed by atoms with Crippen LogP contribution in [0.2, 0.25) is 0 Å². The number of nitrogens with zero attached hydrogens (tertiary/aromatic N) is 4. The van der Waals surface area contributed by atoms with E-state index >= 15 is 8.78 Å². The number of nitrogens with one attached hydrogen (secondary N) is 1. The number of alkyl halides is 2. The van der Waals surface area contributed by atoms with Gasteiger partial charge in [0.05, 0.1) is 19.4 Å². The predicted octanol–water partition coefficient (Wildman–Crippen LogP) is 6.00. The number of fused-ring (bicyclic) bond motifs is 1. The SMILES string of the molecule is [CH2+]COc1nc(NC(c2ccccc2)(c2ccccc2)c2ccc(OC)cc2)nc2c1ncn2[C@@H]1O[C@](F)(CO)[C@@H](C)[C@@]1(C)F. The van der Waals surface area contributed by atoms with E-state index in [0.717, 1.165) is 16.7 Å². The Balaban J connectivity index is 1.58. The van der Waals surface area contributed by atoms with Gasteiger partial charge in [0.2, 0.25) is 18.4 Å². The molecular formula is C34H34F2N5O4+. The van der Waals surface area contributed by atoms with Gasteiger partial charge in [-0.2, -0.15) is 9.97 Å². The summed E-state index contributed by atoms with van der Waals surface area (Å²) in [7, 11) is 1.61. The van der Waals surface area contributed by atoms with Crippen molar-refractivity contribution in [2.75, 3.05) is 25.6 Å². The van der Waals surface area contributed by atoms with Crippen molar-refractivity contribution in [2.45, 2.75) is 37.1 Å². The van der Waals surface area contributed by atoms with Gasteiger partial charge in [-0.1, -0.05) is 79.7 Å². The zero-order valence-electron chi connectivity index (χ0n) is 25.2. The van der Waals surface area contributed by atoms with Crippen LogP contribution >= 0.6 is 0 Å². The lowest BCUT2D eigenvalue weighted by Gasteiger charge is -2.37. The molecule has 0 aliphatic carbocycles. The molecule has 3 aromatic carbocycles. The second-order valence-electron chi connectivity index (χ2n) is 11.1. The summed E-state index contributed by atoms with van der Waals surface area (Å²) in [6.07, 6.45) is -0.178. The number of benzene rings is 3. The molecule has 4 atom stereocenters. The Morgan fingerprint density at radius 2 is 1.58 bits per heavy atom. The van der Waals surface area contributed by atoms with E-state index in [1.54, 1.807) is 7.11 Å². The number of methoxy groups -OCH3 is 1.